The average Bonchev–Trinajstić information content (AvgIpc) is 3.07. The van der Waals surface area contributed by atoms with E-state index in [1.807, 2.05) is 4.90 Å². The number of amides is 1. The van der Waals surface area contributed by atoms with Gasteiger partial charge in [0.2, 0.25) is 11.7 Å². The molecule has 3 aromatic rings. The quantitative estimate of drug-likeness (QED) is 0.644. The van der Waals surface area contributed by atoms with Gasteiger partial charge in [0.05, 0.1) is 27.2 Å². The maximum absolute atomic E-state index is 12.7. The van der Waals surface area contributed by atoms with Gasteiger partial charge < -0.3 is 24.4 Å². The second-order valence-corrected chi connectivity index (χ2v) is 6.59. The lowest BCUT2D eigenvalue weighted by molar-refractivity contribution is -0.120. The van der Waals surface area contributed by atoms with Crippen LogP contribution < -0.4 is 24.4 Å². The summed E-state index contributed by atoms with van der Waals surface area (Å²) in [5.41, 5.74) is 1.85. The topological polar surface area (TPSA) is 117 Å². The van der Waals surface area contributed by atoms with Crippen molar-refractivity contribution in [2.75, 3.05) is 44.6 Å². The van der Waals surface area contributed by atoms with E-state index in [1.165, 1.54) is 27.7 Å². The molecule has 29 heavy (non-hydrogen) atoms. The summed E-state index contributed by atoms with van der Waals surface area (Å²) in [7, 11) is 6.36. The molecule has 1 saturated heterocycles. The van der Waals surface area contributed by atoms with Crippen molar-refractivity contribution in [1.82, 2.24) is 25.0 Å². The van der Waals surface area contributed by atoms with E-state index >= 15 is 0 Å². The van der Waals surface area contributed by atoms with E-state index in [2.05, 4.69) is 25.6 Å². The molecule has 0 aliphatic carbocycles. The number of nitrogens with zero attached hydrogens (tertiary/aromatic N) is 6. The van der Waals surface area contributed by atoms with E-state index < -0.39 is 0 Å². The Hall–Kier alpha value is -3.63. The maximum atomic E-state index is 12.7. The minimum atomic E-state index is -0.184. The number of hydrogen-bond acceptors (Lipinski definition) is 9. The third-order valence-corrected chi connectivity index (χ3v) is 4.85. The molecule has 0 unspecified atom stereocenters. The number of benzene rings is 1. The van der Waals surface area contributed by atoms with Crippen molar-refractivity contribution in [3.8, 4) is 17.2 Å². The molecule has 1 aromatic carbocycles. The zero-order valence-electron chi connectivity index (χ0n) is 16.5. The number of aryl methyl sites for hydroxylation is 1. The summed E-state index contributed by atoms with van der Waals surface area (Å²) in [4.78, 5) is 23.2. The van der Waals surface area contributed by atoms with E-state index in [9.17, 15) is 4.79 Å². The van der Waals surface area contributed by atoms with Gasteiger partial charge in [-0.3, -0.25) is 4.79 Å². The van der Waals surface area contributed by atoms with Crippen molar-refractivity contribution < 1.29 is 19.0 Å². The first-order chi connectivity index (χ1) is 14.0. The Kier molecular flexibility index (Phi) is 4.79. The van der Waals surface area contributed by atoms with Gasteiger partial charge in [-0.25, -0.2) is 14.6 Å². The van der Waals surface area contributed by atoms with E-state index in [0.29, 0.717) is 53.0 Å². The normalized spacial score (nSPS) is 13.9. The summed E-state index contributed by atoms with van der Waals surface area (Å²) in [5.74, 6) is 1.82. The molecule has 1 fully saturated rings. The molecule has 0 spiro atoms. The second kappa shape index (κ2) is 7.41. The van der Waals surface area contributed by atoms with E-state index in [-0.39, 0.29) is 11.8 Å². The van der Waals surface area contributed by atoms with Gasteiger partial charge in [0.15, 0.2) is 28.5 Å². The van der Waals surface area contributed by atoms with E-state index in [4.69, 9.17) is 14.2 Å². The first kappa shape index (κ1) is 18.7. The highest BCUT2D eigenvalue weighted by molar-refractivity contribution is 5.95. The van der Waals surface area contributed by atoms with Gasteiger partial charge in [0.1, 0.15) is 6.33 Å². The van der Waals surface area contributed by atoms with Crippen LogP contribution in [0.1, 0.15) is 0 Å². The van der Waals surface area contributed by atoms with Crippen molar-refractivity contribution in [2.45, 2.75) is 0 Å². The van der Waals surface area contributed by atoms with Crippen molar-refractivity contribution in [1.29, 1.82) is 0 Å². The summed E-state index contributed by atoms with van der Waals surface area (Å²) in [6, 6.07) is 3.40. The Morgan fingerprint density at radius 2 is 1.79 bits per heavy atom. The van der Waals surface area contributed by atoms with E-state index in [1.54, 1.807) is 23.9 Å². The van der Waals surface area contributed by atoms with Gasteiger partial charge in [0, 0.05) is 38.0 Å². The first-order valence-electron chi connectivity index (χ1n) is 8.92. The molecule has 11 nitrogen and oxygen atoms in total. The smallest absolute Gasteiger partial charge is 0.231 e. The molecule has 3 heterocycles. The largest absolute Gasteiger partial charge is 0.493 e. The van der Waals surface area contributed by atoms with Crippen molar-refractivity contribution in [3.05, 3.63) is 18.5 Å². The molecule has 152 valence electrons. The highest BCUT2D eigenvalue weighted by Crippen LogP contribution is 2.40. The predicted molar refractivity (Wildman–Crippen MR) is 105 cm³/mol. The zero-order valence-corrected chi connectivity index (χ0v) is 16.5. The number of rotatable bonds is 6. The Morgan fingerprint density at radius 3 is 2.41 bits per heavy atom. The second-order valence-electron chi connectivity index (χ2n) is 6.59. The molecule has 4 rings (SSSR count). The fourth-order valence-corrected chi connectivity index (χ4v) is 3.29. The SMILES string of the molecule is COc1cc(NC(=O)C2CN(c3ncnc4c3nnn4C)C2)cc(OC)c1OC. The summed E-state index contributed by atoms with van der Waals surface area (Å²) in [5, 5.41) is 11.0. The molecule has 0 bridgehead atoms. The molecule has 1 amide bonds. The molecule has 0 saturated carbocycles. The molecule has 11 heteroatoms. The van der Waals surface area contributed by atoms with Crippen LogP contribution in [0.2, 0.25) is 0 Å². The van der Waals surface area contributed by atoms with Crippen LogP contribution in [-0.4, -0.2) is 65.3 Å². The van der Waals surface area contributed by atoms with Gasteiger partial charge in [-0.05, 0) is 0 Å². The highest BCUT2D eigenvalue weighted by atomic mass is 16.5. The average molecular weight is 399 g/mol. The minimum Gasteiger partial charge on any atom is -0.493 e. The fraction of sp³-hybridized carbons (Fsp3) is 0.389. The molecular formula is C18H21N7O4. The lowest BCUT2D eigenvalue weighted by Crippen LogP contribution is -2.52. The molecule has 0 atom stereocenters. The van der Waals surface area contributed by atoms with E-state index in [0.717, 1.165) is 0 Å². The van der Waals surface area contributed by atoms with Crippen LogP contribution in [0.3, 0.4) is 0 Å². The van der Waals surface area contributed by atoms with Crippen molar-refractivity contribution in [2.24, 2.45) is 13.0 Å². The number of fused-ring (bicyclic) bond motifs is 1. The van der Waals surface area contributed by atoms with Crippen molar-refractivity contribution in [3.63, 3.8) is 0 Å². The number of aromatic nitrogens is 5. The summed E-state index contributed by atoms with van der Waals surface area (Å²) < 4.78 is 17.5. The predicted octanol–water partition coefficient (Wildman–Crippen LogP) is 0.859. The third-order valence-electron chi connectivity index (χ3n) is 4.85. The summed E-state index contributed by atoms with van der Waals surface area (Å²) >= 11 is 0. The highest BCUT2D eigenvalue weighted by Gasteiger charge is 2.35. The number of methoxy groups -OCH3 is 3. The molecule has 0 radical (unpaired) electrons. The summed E-state index contributed by atoms with van der Waals surface area (Å²) in [6.07, 6.45) is 1.48. The Labute approximate surface area is 166 Å². The molecule has 1 N–H and O–H groups in total. The molecule has 1 aliphatic heterocycles. The van der Waals surface area contributed by atoms with Crippen LogP contribution in [0.5, 0.6) is 17.2 Å². The maximum Gasteiger partial charge on any atom is 0.231 e. The monoisotopic (exact) mass is 399 g/mol. The number of carbonyl (C=O) groups is 1. The van der Waals surface area contributed by atoms with Gasteiger partial charge in [0.25, 0.3) is 0 Å². The third kappa shape index (κ3) is 3.24. The Bertz CT molecular complexity index is 1040. The van der Waals surface area contributed by atoms with Crippen molar-refractivity contribution >= 4 is 28.6 Å². The van der Waals surface area contributed by atoms with Crippen LogP contribution >= 0.6 is 0 Å². The lowest BCUT2D eigenvalue weighted by Gasteiger charge is -2.38. The fourth-order valence-electron chi connectivity index (χ4n) is 3.29. The molecule has 1 aliphatic rings. The Balaban J connectivity index is 1.46. The zero-order chi connectivity index (χ0) is 20.5. The molecule has 2 aromatic heterocycles. The number of anilines is 2. The number of carbonyl (C=O) groups excluding carboxylic acids is 1. The standard InChI is InChI=1S/C18H21N7O4/c1-24-16-14(22-23-24)17(20-9-19-16)25-7-10(8-25)18(26)21-11-5-12(27-2)15(29-4)13(6-11)28-3/h5-6,9-10H,7-8H2,1-4H3,(H,21,26). The van der Waals surface area contributed by atoms with Crippen LogP contribution in [0.4, 0.5) is 11.5 Å². The van der Waals surface area contributed by atoms with Gasteiger partial charge >= 0.3 is 0 Å². The summed E-state index contributed by atoms with van der Waals surface area (Å²) in [6.45, 7) is 1.05. The molecular weight excluding hydrogens is 378 g/mol. The number of hydrogen-bond donors (Lipinski definition) is 1. The van der Waals surface area contributed by atoms with Crippen LogP contribution in [-0.2, 0) is 11.8 Å². The van der Waals surface area contributed by atoms with Crippen LogP contribution in [0.25, 0.3) is 11.2 Å². The van der Waals surface area contributed by atoms with Gasteiger partial charge in [-0.2, -0.15) is 0 Å². The van der Waals surface area contributed by atoms with Crippen LogP contribution in [0, 0.1) is 5.92 Å². The lowest BCUT2D eigenvalue weighted by atomic mass is 9.99. The minimum absolute atomic E-state index is 0.0973. The van der Waals surface area contributed by atoms with Gasteiger partial charge in [-0.1, -0.05) is 5.21 Å². The Morgan fingerprint density at radius 1 is 1.10 bits per heavy atom. The van der Waals surface area contributed by atoms with Gasteiger partial charge in [-0.15, -0.1) is 5.10 Å². The number of nitrogens with one attached hydrogen (secondary N) is 1. The number of ether oxygens (including phenoxy) is 3. The van der Waals surface area contributed by atoms with Crippen LogP contribution in [0.15, 0.2) is 18.5 Å². The first-order valence-corrected chi connectivity index (χ1v) is 8.92.